The van der Waals surface area contributed by atoms with Crippen molar-refractivity contribution in [3.63, 3.8) is 0 Å². The summed E-state index contributed by atoms with van der Waals surface area (Å²) in [6.07, 6.45) is 1.61. The third-order valence-corrected chi connectivity index (χ3v) is 5.82. The highest BCUT2D eigenvalue weighted by Crippen LogP contribution is 2.22. The second kappa shape index (κ2) is 7.38. The second-order valence-electron chi connectivity index (χ2n) is 6.55. The zero-order chi connectivity index (χ0) is 19.7. The third-order valence-electron chi connectivity index (χ3n) is 4.23. The first kappa shape index (κ1) is 18.1. The molecule has 0 aliphatic carbocycles. The minimum Gasteiger partial charge on any atom is -0.382 e. The van der Waals surface area contributed by atoms with Crippen LogP contribution >= 0.6 is 0 Å². The molecule has 2 N–H and O–H groups in total. The fourth-order valence-corrected chi connectivity index (χ4v) is 3.67. The Kier molecular flexibility index (Phi) is 4.77. The first-order valence-corrected chi connectivity index (χ1v) is 10.1. The molecule has 7 heteroatoms. The number of benzene rings is 2. The third kappa shape index (κ3) is 3.45. The summed E-state index contributed by atoms with van der Waals surface area (Å²) in [6, 6.07) is 17.1. The predicted octanol–water partition coefficient (Wildman–Crippen LogP) is 2.53. The van der Waals surface area contributed by atoms with Gasteiger partial charge in [0.15, 0.2) is 5.82 Å². The smallest absolute Gasteiger partial charge is 0.382 e. The molecule has 0 fully saturated rings. The Hall–Kier alpha value is -3.28. The number of aromatic nitrogens is 2. The molecule has 0 amide bonds. The Balaban J connectivity index is 1.66. The molecule has 2 aromatic carbocycles. The lowest BCUT2D eigenvalue weighted by molar-refractivity contribution is 0.508. The largest absolute Gasteiger partial charge is 0.533 e. The number of anilines is 1. The lowest BCUT2D eigenvalue weighted by Gasteiger charge is -2.08. The maximum atomic E-state index is 12.2. The van der Waals surface area contributed by atoms with E-state index < -0.39 is 10.8 Å². The van der Waals surface area contributed by atoms with Crippen LogP contribution in [0.1, 0.15) is 25.1 Å². The van der Waals surface area contributed by atoms with Crippen LogP contribution in [0.4, 0.5) is 5.82 Å². The average molecular weight is 391 g/mol. The Morgan fingerprint density at radius 2 is 1.68 bits per heavy atom. The molecule has 2 heterocycles. The quantitative estimate of drug-likeness (QED) is 0.675. The van der Waals surface area contributed by atoms with E-state index in [-0.39, 0.29) is 11.1 Å². The zero-order valence-corrected chi connectivity index (χ0v) is 16.3. The summed E-state index contributed by atoms with van der Waals surface area (Å²) in [5.74, 6) is 1.14. The van der Waals surface area contributed by atoms with E-state index in [1.165, 1.54) is 0 Å². The molecule has 6 nitrogen and oxygen atoms in total. The van der Waals surface area contributed by atoms with Crippen molar-refractivity contribution in [3.05, 3.63) is 72.1 Å². The highest BCUT2D eigenvalue weighted by molar-refractivity contribution is 7.85. The highest BCUT2D eigenvalue weighted by atomic mass is 32.2. The van der Waals surface area contributed by atoms with Crippen molar-refractivity contribution in [1.29, 1.82) is 0 Å². The maximum absolute atomic E-state index is 12.2. The molecule has 28 heavy (non-hydrogen) atoms. The molecule has 1 aliphatic heterocycles. The lowest BCUT2D eigenvalue weighted by Crippen LogP contribution is -2.31. The van der Waals surface area contributed by atoms with Gasteiger partial charge in [-0.2, -0.15) is 0 Å². The number of rotatable bonds is 5. The van der Waals surface area contributed by atoms with Crippen molar-refractivity contribution < 1.29 is 8.95 Å². The summed E-state index contributed by atoms with van der Waals surface area (Å²) in [5, 5.41) is 0.0672. The van der Waals surface area contributed by atoms with Gasteiger partial charge >= 0.3 is 11.8 Å². The first-order valence-electron chi connectivity index (χ1n) is 8.86. The van der Waals surface area contributed by atoms with Gasteiger partial charge in [0.1, 0.15) is 5.56 Å². The van der Waals surface area contributed by atoms with Crippen LogP contribution in [-0.4, -0.2) is 31.2 Å². The molecule has 1 atom stereocenters. The predicted molar refractivity (Wildman–Crippen MR) is 111 cm³/mol. The van der Waals surface area contributed by atoms with Gasteiger partial charge in [-0.3, -0.25) is 4.21 Å². The van der Waals surface area contributed by atoms with Gasteiger partial charge in [-0.25, -0.2) is 9.97 Å². The van der Waals surface area contributed by atoms with Crippen LogP contribution in [0, 0.1) is 0 Å². The summed E-state index contributed by atoms with van der Waals surface area (Å²) in [4.78, 5) is 9.59. The number of ether oxygens (including phenoxy) is 1. The van der Waals surface area contributed by atoms with Crippen molar-refractivity contribution in [2.45, 2.75) is 24.0 Å². The van der Waals surface area contributed by atoms with Crippen molar-refractivity contribution >= 4 is 28.4 Å². The molecule has 1 unspecified atom stereocenters. The molecule has 4 rings (SSSR count). The molecule has 1 aromatic heterocycles. The summed E-state index contributed by atoms with van der Waals surface area (Å²) in [7, 11) is -1.03. The molecule has 0 spiro atoms. The van der Waals surface area contributed by atoms with E-state index in [4.69, 9.17) is 10.5 Å². The molecule has 0 bridgehead atoms. The van der Waals surface area contributed by atoms with Crippen LogP contribution < -0.4 is 10.4 Å². The lowest BCUT2D eigenvalue weighted by atomic mass is 10.1. The van der Waals surface area contributed by atoms with Gasteiger partial charge in [-0.1, -0.05) is 44.2 Å². The van der Waals surface area contributed by atoms with Crippen LogP contribution in [0.5, 0.6) is 0 Å². The molecule has 0 radical (unpaired) electrons. The second-order valence-corrected chi connectivity index (χ2v) is 8.56. The van der Waals surface area contributed by atoms with Gasteiger partial charge in [0.2, 0.25) is 5.69 Å². The highest BCUT2D eigenvalue weighted by Gasteiger charge is 2.38. The SMILES string of the molecule is CC(C)S(=O)c1ccc(-c2cnc(N)c(C3=[N+]=C(c4ccccc4)O3)n2)cc1. The first-order chi connectivity index (χ1) is 13.5. The summed E-state index contributed by atoms with van der Waals surface area (Å²) in [5.41, 5.74) is 8.77. The van der Waals surface area contributed by atoms with Gasteiger partial charge < -0.3 is 10.5 Å². The minimum absolute atomic E-state index is 0.0672. The van der Waals surface area contributed by atoms with E-state index in [2.05, 4.69) is 14.6 Å². The molecule has 3 aromatic rings. The number of nitrogen functional groups attached to an aromatic ring is 1. The molecule has 1 aliphatic rings. The van der Waals surface area contributed by atoms with Gasteiger partial charge in [-0.05, 0) is 24.3 Å². The summed E-state index contributed by atoms with van der Waals surface area (Å²) < 4.78 is 22.3. The Morgan fingerprint density at radius 3 is 2.32 bits per heavy atom. The Bertz CT molecular complexity index is 1120. The Labute approximate surface area is 165 Å². The number of hydrogen-bond donors (Lipinski definition) is 1. The number of nitrogens with zero attached hydrogens (tertiary/aromatic N) is 3. The zero-order valence-electron chi connectivity index (χ0n) is 15.5. The van der Waals surface area contributed by atoms with E-state index in [1.54, 1.807) is 6.20 Å². The fraction of sp³-hybridized carbons (Fsp3) is 0.143. The van der Waals surface area contributed by atoms with Gasteiger partial charge in [0.25, 0.3) is 0 Å². The molecule has 0 saturated heterocycles. The Morgan fingerprint density at radius 1 is 1.00 bits per heavy atom. The van der Waals surface area contributed by atoms with E-state index in [0.717, 1.165) is 16.0 Å². The topological polar surface area (TPSA) is 92.2 Å². The summed E-state index contributed by atoms with van der Waals surface area (Å²) >= 11 is 0. The van der Waals surface area contributed by atoms with Crippen LogP contribution in [0.3, 0.4) is 0 Å². The van der Waals surface area contributed by atoms with E-state index >= 15 is 0 Å². The number of nitrogens with two attached hydrogens (primary N) is 1. The van der Waals surface area contributed by atoms with Gasteiger partial charge in [0.05, 0.1) is 22.7 Å². The monoisotopic (exact) mass is 391 g/mol. The van der Waals surface area contributed by atoms with Crippen molar-refractivity contribution in [1.82, 2.24) is 14.6 Å². The van der Waals surface area contributed by atoms with Crippen LogP contribution in [0.15, 0.2) is 65.7 Å². The molecule has 0 saturated carbocycles. The molecule has 140 valence electrons. The van der Waals surface area contributed by atoms with Crippen LogP contribution in [0.2, 0.25) is 0 Å². The molecular formula is C21H19N4O2S+. The number of hydrogen-bond acceptors (Lipinski definition) is 5. The average Bonchev–Trinajstić information content (AvgIpc) is 2.68. The van der Waals surface area contributed by atoms with Gasteiger partial charge in [-0.15, -0.1) is 0 Å². The summed E-state index contributed by atoms with van der Waals surface area (Å²) in [6.45, 7) is 3.86. The minimum atomic E-state index is -1.03. The fourth-order valence-electron chi connectivity index (χ4n) is 2.72. The van der Waals surface area contributed by atoms with Crippen LogP contribution in [-0.2, 0) is 15.5 Å². The van der Waals surface area contributed by atoms with Crippen LogP contribution in [0.25, 0.3) is 11.3 Å². The standard InChI is InChI=1S/C21H18N4O2S/c1-13(2)28(26)16-10-8-14(9-11-16)17-12-23-19(22)18(24-17)21-25-20(27-21)15-6-4-3-5-7-15/h3-13,22H,1-2H3/p+1. The maximum Gasteiger partial charge on any atom is 0.533 e. The van der Waals surface area contributed by atoms with Crippen molar-refractivity contribution in [2.24, 2.45) is 0 Å². The van der Waals surface area contributed by atoms with E-state index in [9.17, 15) is 4.21 Å². The van der Waals surface area contributed by atoms with E-state index in [0.29, 0.717) is 23.2 Å². The van der Waals surface area contributed by atoms with Crippen molar-refractivity contribution in [2.75, 3.05) is 5.73 Å². The molecular weight excluding hydrogens is 372 g/mol. The van der Waals surface area contributed by atoms with E-state index in [1.807, 2.05) is 68.4 Å². The van der Waals surface area contributed by atoms with Crippen molar-refractivity contribution in [3.8, 4) is 11.3 Å². The van der Waals surface area contributed by atoms with Gasteiger partial charge in [0, 0.05) is 20.4 Å². The normalized spacial score (nSPS) is 14.0.